The highest BCUT2D eigenvalue weighted by molar-refractivity contribution is 5.45. The highest BCUT2D eigenvalue weighted by Crippen LogP contribution is 2.39. The number of phenols is 1. The molecule has 0 saturated carbocycles. The lowest BCUT2D eigenvalue weighted by molar-refractivity contribution is 0.0942. The monoisotopic (exact) mass is 285 g/mol. The third-order valence-corrected chi connectivity index (χ3v) is 4.06. The number of fused-ring (bicyclic) bond motifs is 1. The van der Waals surface area contributed by atoms with Crippen LogP contribution in [0.1, 0.15) is 28.8 Å². The molecule has 2 unspecified atom stereocenters. The Kier molecular flexibility index (Phi) is 3.57. The van der Waals surface area contributed by atoms with Crippen LogP contribution in [0.25, 0.3) is 0 Å². The van der Waals surface area contributed by atoms with Crippen LogP contribution in [-0.4, -0.2) is 35.8 Å². The maximum absolute atomic E-state index is 10.2. The molecule has 2 atom stereocenters. The van der Waals surface area contributed by atoms with Gasteiger partial charge in [0.05, 0.1) is 19.3 Å². The first kappa shape index (κ1) is 13.9. The molecule has 0 radical (unpaired) electrons. The standard InChI is InChI=1S/C17H19NO3/c1-18-10-16(20)15-9-12(19)5-8-14(15)17(18)11-3-6-13(21-2)7-4-11/h3-9,16-17,19-20H,10H2,1-2H3. The molecule has 110 valence electrons. The van der Waals surface area contributed by atoms with Crippen molar-refractivity contribution in [1.29, 1.82) is 0 Å². The fraction of sp³-hybridized carbons (Fsp3) is 0.294. The number of ether oxygens (including phenoxy) is 1. The van der Waals surface area contributed by atoms with E-state index in [1.54, 1.807) is 19.2 Å². The van der Waals surface area contributed by atoms with Crippen molar-refractivity contribution < 1.29 is 14.9 Å². The average molecular weight is 285 g/mol. The van der Waals surface area contributed by atoms with Gasteiger partial charge in [0, 0.05) is 6.54 Å². The van der Waals surface area contributed by atoms with E-state index in [4.69, 9.17) is 4.74 Å². The zero-order chi connectivity index (χ0) is 15.0. The summed E-state index contributed by atoms with van der Waals surface area (Å²) >= 11 is 0. The number of benzene rings is 2. The lowest BCUT2D eigenvalue weighted by Crippen LogP contribution is -2.35. The van der Waals surface area contributed by atoms with Crippen molar-refractivity contribution in [3.8, 4) is 11.5 Å². The van der Waals surface area contributed by atoms with Gasteiger partial charge in [-0.1, -0.05) is 18.2 Å². The van der Waals surface area contributed by atoms with Gasteiger partial charge in [0.1, 0.15) is 11.5 Å². The molecule has 2 N–H and O–H groups in total. The molecule has 1 heterocycles. The summed E-state index contributed by atoms with van der Waals surface area (Å²) in [7, 11) is 3.64. The number of methoxy groups -OCH3 is 1. The van der Waals surface area contributed by atoms with Crippen molar-refractivity contribution >= 4 is 0 Å². The quantitative estimate of drug-likeness (QED) is 0.890. The van der Waals surface area contributed by atoms with E-state index >= 15 is 0 Å². The fourth-order valence-corrected chi connectivity index (χ4v) is 3.03. The molecule has 2 aromatic rings. The summed E-state index contributed by atoms with van der Waals surface area (Å²) in [6, 6.07) is 13.2. The SMILES string of the molecule is COc1ccc(C2c3ccc(O)cc3C(O)CN2C)cc1. The Hall–Kier alpha value is -2.04. The van der Waals surface area contributed by atoms with Crippen molar-refractivity contribution in [1.82, 2.24) is 4.90 Å². The maximum atomic E-state index is 10.2. The highest BCUT2D eigenvalue weighted by atomic mass is 16.5. The number of nitrogens with zero attached hydrogens (tertiary/aromatic N) is 1. The zero-order valence-corrected chi connectivity index (χ0v) is 12.2. The van der Waals surface area contributed by atoms with Gasteiger partial charge >= 0.3 is 0 Å². The van der Waals surface area contributed by atoms with Gasteiger partial charge < -0.3 is 14.9 Å². The molecule has 1 aliphatic rings. The van der Waals surface area contributed by atoms with Crippen molar-refractivity contribution in [3.05, 3.63) is 59.2 Å². The van der Waals surface area contributed by atoms with Gasteiger partial charge in [-0.05, 0) is 48.0 Å². The first-order valence-corrected chi connectivity index (χ1v) is 6.95. The van der Waals surface area contributed by atoms with Crippen LogP contribution in [-0.2, 0) is 0 Å². The van der Waals surface area contributed by atoms with Gasteiger partial charge in [0.2, 0.25) is 0 Å². The minimum atomic E-state index is -0.577. The Bertz CT molecular complexity index is 639. The lowest BCUT2D eigenvalue weighted by Gasteiger charge is -2.37. The summed E-state index contributed by atoms with van der Waals surface area (Å²) in [5, 5.41) is 19.9. The van der Waals surface area contributed by atoms with Crippen molar-refractivity contribution in [2.24, 2.45) is 0 Å². The molecule has 0 aliphatic carbocycles. The summed E-state index contributed by atoms with van der Waals surface area (Å²) in [6.07, 6.45) is -0.577. The van der Waals surface area contributed by atoms with Crippen LogP contribution >= 0.6 is 0 Å². The van der Waals surface area contributed by atoms with E-state index < -0.39 is 6.10 Å². The van der Waals surface area contributed by atoms with Crippen LogP contribution in [0.15, 0.2) is 42.5 Å². The Morgan fingerprint density at radius 3 is 2.48 bits per heavy atom. The molecule has 21 heavy (non-hydrogen) atoms. The minimum Gasteiger partial charge on any atom is -0.508 e. The first-order valence-electron chi connectivity index (χ1n) is 6.95. The number of likely N-dealkylation sites (N-methyl/N-ethyl adjacent to an activating group) is 1. The zero-order valence-electron chi connectivity index (χ0n) is 12.2. The molecule has 0 spiro atoms. The number of aromatic hydroxyl groups is 1. The van der Waals surface area contributed by atoms with Crippen molar-refractivity contribution in [3.63, 3.8) is 0 Å². The average Bonchev–Trinajstić information content (AvgIpc) is 2.48. The lowest BCUT2D eigenvalue weighted by atomic mass is 9.87. The van der Waals surface area contributed by atoms with Crippen LogP contribution in [0.4, 0.5) is 0 Å². The van der Waals surface area contributed by atoms with Gasteiger partial charge in [0.25, 0.3) is 0 Å². The van der Waals surface area contributed by atoms with Crippen LogP contribution in [0, 0.1) is 0 Å². The van der Waals surface area contributed by atoms with E-state index in [2.05, 4.69) is 4.90 Å². The van der Waals surface area contributed by atoms with Gasteiger partial charge in [-0.2, -0.15) is 0 Å². The molecule has 0 saturated heterocycles. The van der Waals surface area contributed by atoms with E-state index in [1.807, 2.05) is 37.4 Å². The molecule has 4 heteroatoms. The molecular formula is C17H19NO3. The summed E-state index contributed by atoms with van der Waals surface area (Å²) in [6.45, 7) is 0.535. The van der Waals surface area contributed by atoms with Gasteiger partial charge in [0.15, 0.2) is 0 Å². The second kappa shape index (κ2) is 5.39. The molecule has 0 bridgehead atoms. The Labute approximate surface area is 124 Å². The first-order chi connectivity index (χ1) is 10.1. The maximum Gasteiger partial charge on any atom is 0.118 e. The Morgan fingerprint density at radius 1 is 1.10 bits per heavy atom. The number of rotatable bonds is 2. The number of aliphatic hydroxyl groups is 1. The number of aliphatic hydroxyl groups excluding tert-OH is 1. The van der Waals surface area contributed by atoms with E-state index in [1.165, 1.54) is 0 Å². The number of hydrogen-bond acceptors (Lipinski definition) is 4. The molecule has 3 rings (SSSR count). The normalized spacial score (nSPS) is 21.9. The second-order valence-electron chi connectivity index (χ2n) is 5.44. The molecule has 1 aliphatic heterocycles. The summed E-state index contributed by atoms with van der Waals surface area (Å²) in [5.41, 5.74) is 2.96. The molecule has 0 fully saturated rings. The van der Waals surface area contributed by atoms with Crippen LogP contribution < -0.4 is 4.74 Å². The van der Waals surface area contributed by atoms with Gasteiger partial charge in [-0.3, -0.25) is 4.90 Å². The summed E-state index contributed by atoms with van der Waals surface area (Å²) < 4.78 is 5.20. The van der Waals surface area contributed by atoms with Crippen molar-refractivity contribution in [2.45, 2.75) is 12.1 Å². The number of phenolic OH excluding ortho intramolecular Hbond substituents is 1. The molecule has 0 aromatic heterocycles. The Morgan fingerprint density at radius 2 is 1.81 bits per heavy atom. The Balaban J connectivity index is 2.07. The van der Waals surface area contributed by atoms with E-state index in [0.717, 1.165) is 22.4 Å². The van der Waals surface area contributed by atoms with E-state index in [0.29, 0.717) is 6.54 Å². The van der Waals surface area contributed by atoms with E-state index in [9.17, 15) is 10.2 Å². The van der Waals surface area contributed by atoms with Gasteiger partial charge in [-0.15, -0.1) is 0 Å². The van der Waals surface area contributed by atoms with Crippen molar-refractivity contribution in [2.75, 3.05) is 20.7 Å². The summed E-state index contributed by atoms with van der Waals surface area (Å²) in [4.78, 5) is 2.12. The third-order valence-electron chi connectivity index (χ3n) is 4.06. The largest absolute Gasteiger partial charge is 0.508 e. The molecule has 4 nitrogen and oxygen atoms in total. The minimum absolute atomic E-state index is 0.0647. The predicted molar refractivity (Wildman–Crippen MR) is 80.5 cm³/mol. The molecule has 2 aromatic carbocycles. The third kappa shape index (κ3) is 2.48. The van der Waals surface area contributed by atoms with Crippen LogP contribution in [0.3, 0.4) is 0 Å². The second-order valence-corrected chi connectivity index (χ2v) is 5.44. The topological polar surface area (TPSA) is 52.9 Å². The highest BCUT2D eigenvalue weighted by Gasteiger charge is 2.31. The molecular weight excluding hydrogens is 266 g/mol. The van der Waals surface area contributed by atoms with Crippen LogP contribution in [0.5, 0.6) is 11.5 Å². The fourth-order valence-electron chi connectivity index (χ4n) is 3.03. The predicted octanol–water partition coefficient (Wildman–Crippen LogP) is 2.47. The summed E-state index contributed by atoms with van der Waals surface area (Å²) in [5.74, 6) is 1.01. The number of β-amino-alcohol motifs (C(OH)–C–C–N with tert-alkyl or cyclic N) is 1. The van der Waals surface area contributed by atoms with Crippen LogP contribution in [0.2, 0.25) is 0 Å². The smallest absolute Gasteiger partial charge is 0.118 e. The number of hydrogen-bond donors (Lipinski definition) is 2. The van der Waals surface area contributed by atoms with Gasteiger partial charge in [-0.25, -0.2) is 0 Å². The van der Waals surface area contributed by atoms with E-state index in [-0.39, 0.29) is 11.8 Å². The molecule has 0 amide bonds.